The summed E-state index contributed by atoms with van der Waals surface area (Å²) in [6.45, 7) is 2.11. The predicted octanol–water partition coefficient (Wildman–Crippen LogP) is 1.45. The Balaban J connectivity index is 1.92. The van der Waals surface area contributed by atoms with E-state index >= 15 is 0 Å². The molecule has 0 unspecified atom stereocenters. The van der Waals surface area contributed by atoms with Gasteiger partial charge in [0.2, 0.25) is 5.95 Å². The smallest absolute Gasteiger partial charge is 0.224 e. The summed E-state index contributed by atoms with van der Waals surface area (Å²) in [5.74, 6) is 1.61. The van der Waals surface area contributed by atoms with Crippen molar-refractivity contribution in [1.29, 1.82) is 0 Å². The Bertz CT molecular complexity index is 570. The van der Waals surface area contributed by atoms with Crippen LogP contribution in [0.25, 0.3) is 11.4 Å². The van der Waals surface area contributed by atoms with Crippen LogP contribution in [0.3, 0.4) is 0 Å². The number of nitrogens with two attached hydrogens (primary N) is 1. The van der Waals surface area contributed by atoms with Gasteiger partial charge in [0.15, 0.2) is 5.82 Å². The van der Waals surface area contributed by atoms with E-state index in [2.05, 4.69) is 20.0 Å². The lowest BCUT2D eigenvalue weighted by Crippen LogP contribution is -2.31. The lowest BCUT2D eigenvalue weighted by atomic mass is 10.1. The molecule has 0 amide bonds. The Hall–Kier alpha value is -2.11. The van der Waals surface area contributed by atoms with Gasteiger partial charge in [-0.05, 0) is 25.3 Å². The number of aryl methyl sites for hydroxylation is 1. The van der Waals surface area contributed by atoms with Crippen molar-refractivity contribution in [3.8, 4) is 11.4 Å². The summed E-state index contributed by atoms with van der Waals surface area (Å²) < 4.78 is 1.84. The van der Waals surface area contributed by atoms with E-state index in [0.29, 0.717) is 11.5 Å². The molecule has 6 heteroatoms. The van der Waals surface area contributed by atoms with Crippen LogP contribution >= 0.6 is 0 Å². The molecule has 3 heterocycles. The number of piperidine rings is 1. The SMILES string of the molecule is Cn1nc(-c2cncc(N)c2)nc1N1CCCCC1. The van der Waals surface area contributed by atoms with Gasteiger partial charge in [0.05, 0.1) is 5.69 Å². The van der Waals surface area contributed by atoms with Crippen molar-refractivity contribution in [1.82, 2.24) is 19.7 Å². The summed E-state index contributed by atoms with van der Waals surface area (Å²) >= 11 is 0. The average Bonchev–Trinajstić information content (AvgIpc) is 2.82. The summed E-state index contributed by atoms with van der Waals surface area (Å²) in [6.07, 6.45) is 7.12. The van der Waals surface area contributed by atoms with Crippen LogP contribution in [0.15, 0.2) is 18.5 Å². The zero-order valence-electron chi connectivity index (χ0n) is 11.1. The van der Waals surface area contributed by atoms with Crippen LogP contribution < -0.4 is 10.6 Å². The first-order chi connectivity index (χ1) is 9.24. The Kier molecular flexibility index (Phi) is 3.06. The van der Waals surface area contributed by atoms with Crippen molar-refractivity contribution in [2.24, 2.45) is 7.05 Å². The van der Waals surface area contributed by atoms with Crippen molar-refractivity contribution in [3.05, 3.63) is 18.5 Å². The number of nitrogen functional groups attached to an aromatic ring is 1. The third kappa shape index (κ3) is 2.38. The number of hydrogen-bond acceptors (Lipinski definition) is 5. The zero-order chi connectivity index (χ0) is 13.2. The van der Waals surface area contributed by atoms with Gasteiger partial charge in [0.25, 0.3) is 0 Å². The molecule has 3 rings (SSSR count). The maximum Gasteiger partial charge on any atom is 0.224 e. The maximum atomic E-state index is 5.75. The second kappa shape index (κ2) is 4.87. The molecule has 19 heavy (non-hydrogen) atoms. The first-order valence-corrected chi connectivity index (χ1v) is 6.61. The largest absolute Gasteiger partial charge is 0.397 e. The predicted molar refractivity (Wildman–Crippen MR) is 74.7 cm³/mol. The molecule has 2 aromatic rings. The van der Waals surface area contributed by atoms with E-state index < -0.39 is 0 Å². The van der Waals surface area contributed by atoms with Crippen LogP contribution in [-0.2, 0) is 7.05 Å². The molecule has 0 atom stereocenters. The van der Waals surface area contributed by atoms with Gasteiger partial charge in [0.1, 0.15) is 0 Å². The second-order valence-corrected chi connectivity index (χ2v) is 4.91. The second-order valence-electron chi connectivity index (χ2n) is 4.91. The Morgan fingerprint density at radius 3 is 2.68 bits per heavy atom. The molecule has 1 fully saturated rings. The Morgan fingerprint density at radius 2 is 1.95 bits per heavy atom. The van der Waals surface area contributed by atoms with Crippen LogP contribution in [0.5, 0.6) is 0 Å². The molecule has 1 aliphatic rings. The minimum absolute atomic E-state index is 0.629. The van der Waals surface area contributed by atoms with Gasteiger partial charge in [-0.3, -0.25) is 4.98 Å². The fourth-order valence-corrected chi connectivity index (χ4v) is 2.45. The normalized spacial score (nSPS) is 15.7. The Morgan fingerprint density at radius 1 is 1.16 bits per heavy atom. The van der Waals surface area contributed by atoms with E-state index in [1.165, 1.54) is 19.3 Å². The molecule has 1 saturated heterocycles. The van der Waals surface area contributed by atoms with Crippen LogP contribution in [0.4, 0.5) is 11.6 Å². The van der Waals surface area contributed by atoms with Crippen molar-refractivity contribution in [2.75, 3.05) is 23.7 Å². The molecule has 2 aromatic heterocycles. The number of hydrogen-bond donors (Lipinski definition) is 1. The van der Waals surface area contributed by atoms with E-state index in [4.69, 9.17) is 5.73 Å². The highest BCUT2D eigenvalue weighted by Crippen LogP contribution is 2.22. The number of anilines is 2. The average molecular weight is 258 g/mol. The van der Waals surface area contributed by atoms with Gasteiger partial charge in [-0.1, -0.05) is 0 Å². The first-order valence-electron chi connectivity index (χ1n) is 6.61. The van der Waals surface area contributed by atoms with Gasteiger partial charge in [0, 0.05) is 38.1 Å². The molecule has 2 N–H and O–H groups in total. The van der Waals surface area contributed by atoms with Crippen LogP contribution in [0.1, 0.15) is 19.3 Å². The number of aromatic nitrogens is 4. The van der Waals surface area contributed by atoms with Crippen LogP contribution in [-0.4, -0.2) is 32.8 Å². The van der Waals surface area contributed by atoms with Crippen molar-refractivity contribution >= 4 is 11.6 Å². The van der Waals surface area contributed by atoms with E-state index in [-0.39, 0.29) is 0 Å². The molecular weight excluding hydrogens is 240 g/mol. The molecular formula is C13H18N6. The monoisotopic (exact) mass is 258 g/mol. The van der Waals surface area contributed by atoms with Crippen LogP contribution in [0, 0.1) is 0 Å². The lowest BCUT2D eigenvalue weighted by molar-refractivity contribution is 0.557. The third-order valence-electron chi connectivity index (χ3n) is 3.40. The highest BCUT2D eigenvalue weighted by atomic mass is 15.4. The minimum Gasteiger partial charge on any atom is -0.397 e. The minimum atomic E-state index is 0.629. The van der Waals surface area contributed by atoms with Gasteiger partial charge in [-0.25, -0.2) is 4.68 Å². The fourth-order valence-electron chi connectivity index (χ4n) is 2.45. The van der Waals surface area contributed by atoms with Gasteiger partial charge in [-0.15, -0.1) is 5.10 Å². The van der Waals surface area contributed by atoms with Crippen LogP contribution in [0.2, 0.25) is 0 Å². The van der Waals surface area contributed by atoms with Crippen molar-refractivity contribution in [3.63, 3.8) is 0 Å². The molecule has 6 nitrogen and oxygen atoms in total. The molecule has 0 radical (unpaired) electrons. The fraction of sp³-hybridized carbons (Fsp3) is 0.462. The quantitative estimate of drug-likeness (QED) is 0.882. The van der Waals surface area contributed by atoms with Gasteiger partial charge >= 0.3 is 0 Å². The molecule has 0 saturated carbocycles. The van der Waals surface area contributed by atoms with Crippen molar-refractivity contribution < 1.29 is 0 Å². The molecule has 0 bridgehead atoms. The zero-order valence-corrected chi connectivity index (χ0v) is 11.1. The summed E-state index contributed by atoms with van der Waals surface area (Å²) in [7, 11) is 1.93. The van der Waals surface area contributed by atoms with E-state index in [0.717, 1.165) is 24.6 Å². The van der Waals surface area contributed by atoms with Gasteiger partial charge in [-0.2, -0.15) is 4.98 Å². The molecule has 1 aliphatic heterocycles. The summed E-state index contributed by atoms with van der Waals surface area (Å²) in [6, 6.07) is 1.85. The lowest BCUT2D eigenvalue weighted by Gasteiger charge is -2.26. The molecule has 0 spiro atoms. The first kappa shape index (κ1) is 12.0. The standard InChI is InChI=1S/C13H18N6/c1-18-13(19-5-3-2-4-6-19)16-12(17-18)10-7-11(14)9-15-8-10/h7-9H,2-6,14H2,1H3. The molecule has 0 aromatic carbocycles. The third-order valence-corrected chi connectivity index (χ3v) is 3.40. The Labute approximate surface area is 112 Å². The highest BCUT2D eigenvalue weighted by Gasteiger charge is 2.18. The topological polar surface area (TPSA) is 72.9 Å². The van der Waals surface area contributed by atoms with E-state index in [1.54, 1.807) is 12.4 Å². The highest BCUT2D eigenvalue weighted by molar-refractivity contribution is 5.60. The maximum absolute atomic E-state index is 5.75. The number of pyridine rings is 1. The van der Waals surface area contributed by atoms with Gasteiger partial charge < -0.3 is 10.6 Å². The number of rotatable bonds is 2. The summed E-state index contributed by atoms with van der Waals surface area (Å²) in [5, 5.41) is 4.47. The van der Waals surface area contributed by atoms with E-state index in [9.17, 15) is 0 Å². The number of nitrogens with zero attached hydrogens (tertiary/aromatic N) is 5. The summed E-state index contributed by atoms with van der Waals surface area (Å²) in [4.78, 5) is 11.0. The molecule has 100 valence electrons. The van der Waals surface area contributed by atoms with E-state index in [1.807, 2.05) is 17.8 Å². The molecule has 0 aliphatic carbocycles. The van der Waals surface area contributed by atoms with Crippen molar-refractivity contribution in [2.45, 2.75) is 19.3 Å². The summed E-state index contributed by atoms with van der Waals surface area (Å²) in [5.41, 5.74) is 7.24.